The molecule has 0 saturated heterocycles. The van der Waals surface area contributed by atoms with Crippen LogP contribution >= 0.6 is 46.6 Å². The molecule has 5 heteroatoms. The van der Waals surface area contributed by atoms with Gasteiger partial charge >= 0.3 is 0 Å². The van der Waals surface area contributed by atoms with Gasteiger partial charge in [-0.05, 0) is 23.8 Å². The summed E-state index contributed by atoms with van der Waals surface area (Å²) in [5.41, 5.74) is 2.23. The molecule has 1 nitrogen and oxygen atoms in total. The van der Waals surface area contributed by atoms with Crippen molar-refractivity contribution in [3.63, 3.8) is 0 Å². The highest BCUT2D eigenvalue weighted by Crippen LogP contribution is 2.40. The Morgan fingerprint density at radius 1 is 1.05 bits per heavy atom. The summed E-state index contributed by atoms with van der Waals surface area (Å²) in [5.74, 6) is 1.58. The van der Waals surface area contributed by atoms with Crippen molar-refractivity contribution in [2.75, 3.05) is 17.6 Å². The first kappa shape index (κ1) is 14.4. The molecular formula is C15H12Cl3NS. The van der Waals surface area contributed by atoms with E-state index in [1.807, 2.05) is 11.8 Å². The van der Waals surface area contributed by atoms with Crippen LogP contribution in [0.15, 0.2) is 41.3 Å². The van der Waals surface area contributed by atoms with E-state index >= 15 is 0 Å². The summed E-state index contributed by atoms with van der Waals surface area (Å²) in [4.78, 5) is 1.37. The molecule has 0 aliphatic carbocycles. The third-order valence-electron chi connectivity index (χ3n) is 3.35. The van der Waals surface area contributed by atoms with Crippen molar-refractivity contribution in [3.05, 3.63) is 57.0 Å². The van der Waals surface area contributed by atoms with Gasteiger partial charge in [0.25, 0.3) is 0 Å². The highest BCUT2D eigenvalue weighted by atomic mass is 35.5. The molecule has 1 heterocycles. The van der Waals surface area contributed by atoms with E-state index in [-0.39, 0.29) is 0 Å². The van der Waals surface area contributed by atoms with Gasteiger partial charge < -0.3 is 5.32 Å². The third-order valence-corrected chi connectivity index (χ3v) is 5.63. The molecule has 2 aromatic carbocycles. The SMILES string of the molecule is Clc1cc(Cl)c(NCC2CSc3ccccc32)cc1Cl. The number of halogens is 3. The standard InChI is InChI=1S/C15H12Cl3NS/c16-11-5-13(18)14(6-12(11)17)19-7-9-8-20-15-4-2-1-3-10(9)15/h1-6,9,19H,7-8H2. The normalized spacial score (nSPS) is 17.1. The van der Waals surface area contributed by atoms with Crippen LogP contribution in [0.1, 0.15) is 11.5 Å². The van der Waals surface area contributed by atoms with E-state index in [0.29, 0.717) is 21.0 Å². The van der Waals surface area contributed by atoms with E-state index in [1.165, 1.54) is 10.5 Å². The minimum Gasteiger partial charge on any atom is -0.383 e. The summed E-state index contributed by atoms with van der Waals surface area (Å²) in [6.07, 6.45) is 0. The molecule has 1 N–H and O–H groups in total. The monoisotopic (exact) mass is 343 g/mol. The first-order valence-corrected chi connectivity index (χ1v) is 8.37. The van der Waals surface area contributed by atoms with Crippen LogP contribution in [0.5, 0.6) is 0 Å². The number of nitrogens with one attached hydrogen (secondary N) is 1. The van der Waals surface area contributed by atoms with Gasteiger partial charge in [-0.3, -0.25) is 0 Å². The number of anilines is 1. The zero-order valence-electron chi connectivity index (χ0n) is 10.5. The fraction of sp³-hybridized carbons (Fsp3) is 0.200. The predicted molar refractivity (Wildman–Crippen MR) is 89.9 cm³/mol. The average Bonchev–Trinajstić information content (AvgIpc) is 2.85. The topological polar surface area (TPSA) is 12.0 Å². The molecule has 1 aliphatic rings. The van der Waals surface area contributed by atoms with Gasteiger partial charge in [0, 0.05) is 23.1 Å². The average molecular weight is 345 g/mol. The van der Waals surface area contributed by atoms with Crippen molar-refractivity contribution < 1.29 is 0 Å². The second-order valence-corrected chi connectivity index (χ2v) is 6.96. The summed E-state index contributed by atoms with van der Waals surface area (Å²) in [6.45, 7) is 0.835. The van der Waals surface area contributed by atoms with E-state index < -0.39 is 0 Å². The van der Waals surface area contributed by atoms with Crippen molar-refractivity contribution in [2.24, 2.45) is 0 Å². The first-order valence-electron chi connectivity index (χ1n) is 6.25. The molecule has 0 bridgehead atoms. The zero-order chi connectivity index (χ0) is 14.1. The molecule has 104 valence electrons. The minimum absolute atomic E-state index is 0.476. The van der Waals surface area contributed by atoms with Gasteiger partial charge in [-0.25, -0.2) is 0 Å². The molecule has 0 fully saturated rings. The summed E-state index contributed by atoms with van der Waals surface area (Å²) in [5, 5.41) is 4.96. The van der Waals surface area contributed by atoms with Crippen molar-refractivity contribution in [3.8, 4) is 0 Å². The Hall–Kier alpha value is -0.540. The number of thioether (sulfide) groups is 1. The predicted octanol–water partition coefficient (Wildman–Crippen LogP) is 5.95. The highest BCUT2D eigenvalue weighted by molar-refractivity contribution is 7.99. The van der Waals surface area contributed by atoms with Crippen LogP contribution in [0, 0.1) is 0 Å². The van der Waals surface area contributed by atoms with E-state index in [2.05, 4.69) is 29.6 Å². The number of benzene rings is 2. The van der Waals surface area contributed by atoms with Crippen LogP contribution in [-0.4, -0.2) is 12.3 Å². The van der Waals surface area contributed by atoms with Crippen molar-refractivity contribution in [2.45, 2.75) is 10.8 Å². The van der Waals surface area contributed by atoms with Gasteiger partial charge in [-0.1, -0.05) is 53.0 Å². The van der Waals surface area contributed by atoms with Gasteiger partial charge in [0.2, 0.25) is 0 Å². The molecule has 3 rings (SSSR count). The lowest BCUT2D eigenvalue weighted by Crippen LogP contribution is -2.12. The van der Waals surface area contributed by atoms with Crippen LogP contribution in [-0.2, 0) is 0 Å². The van der Waals surface area contributed by atoms with Gasteiger partial charge in [-0.15, -0.1) is 11.8 Å². The molecule has 0 aromatic heterocycles. The Labute approximate surface area is 137 Å². The Kier molecular flexibility index (Phi) is 4.37. The second-order valence-electron chi connectivity index (χ2n) is 4.67. The molecule has 0 spiro atoms. The maximum Gasteiger partial charge on any atom is 0.0653 e. The summed E-state index contributed by atoms with van der Waals surface area (Å²) in [7, 11) is 0. The van der Waals surface area contributed by atoms with Gasteiger partial charge in [0.05, 0.1) is 20.8 Å². The van der Waals surface area contributed by atoms with Crippen molar-refractivity contribution >= 4 is 52.3 Å². The quantitative estimate of drug-likeness (QED) is 0.691. The molecule has 1 unspecified atom stereocenters. The van der Waals surface area contributed by atoms with E-state index in [9.17, 15) is 0 Å². The number of rotatable bonds is 3. The van der Waals surface area contributed by atoms with E-state index in [0.717, 1.165) is 18.0 Å². The largest absolute Gasteiger partial charge is 0.383 e. The first-order chi connectivity index (χ1) is 9.65. The smallest absolute Gasteiger partial charge is 0.0653 e. The Bertz CT molecular complexity index is 645. The summed E-state index contributed by atoms with van der Waals surface area (Å²) < 4.78 is 0. The Balaban J connectivity index is 1.74. The Morgan fingerprint density at radius 2 is 1.80 bits per heavy atom. The summed E-state index contributed by atoms with van der Waals surface area (Å²) >= 11 is 20.0. The molecule has 1 aliphatic heterocycles. The molecular weight excluding hydrogens is 333 g/mol. The fourth-order valence-electron chi connectivity index (χ4n) is 2.29. The van der Waals surface area contributed by atoms with Crippen LogP contribution in [0.3, 0.4) is 0 Å². The maximum atomic E-state index is 6.18. The van der Waals surface area contributed by atoms with E-state index in [4.69, 9.17) is 34.8 Å². The Morgan fingerprint density at radius 3 is 2.65 bits per heavy atom. The zero-order valence-corrected chi connectivity index (χ0v) is 13.6. The molecule has 20 heavy (non-hydrogen) atoms. The number of fused-ring (bicyclic) bond motifs is 1. The fourth-order valence-corrected chi connectivity index (χ4v) is 4.16. The molecule has 0 radical (unpaired) electrons. The molecule has 2 aromatic rings. The van der Waals surface area contributed by atoms with Gasteiger partial charge in [-0.2, -0.15) is 0 Å². The van der Waals surface area contributed by atoms with Crippen LogP contribution in [0.4, 0.5) is 5.69 Å². The minimum atomic E-state index is 0.476. The highest BCUT2D eigenvalue weighted by Gasteiger charge is 2.22. The lowest BCUT2D eigenvalue weighted by atomic mass is 10.0. The van der Waals surface area contributed by atoms with Crippen LogP contribution in [0.2, 0.25) is 15.1 Å². The molecule has 0 saturated carbocycles. The molecule has 0 amide bonds. The number of hydrogen-bond acceptors (Lipinski definition) is 2. The van der Waals surface area contributed by atoms with Crippen molar-refractivity contribution in [1.82, 2.24) is 0 Å². The van der Waals surface area contributed by atoms with Gasteiger partial charge in [0.15, 0.2) is 0 Å². The second kappa shape index (κ2) is 6.07. The summed E-state index contributed by atoms with van der Waals surface area (Å²) in [6, 6.07) is 12.0. The molecule has 1 atom stereocenters. The lowest BCUT2D eigenvalue weighted by Gasteiger charge is -2.14. The van der Waals surface area contributed by atoms with Crippen LogP contribution < -0.4 is 5.32 Å². The lowest BCUT2D eigenvalue weighted by molar-refractivity contribution is 0.819. The number of hydrogen-bond donors (Lipinski definition) is 1. The maximum absolute atomic E-state index is 6.18. The van der Waals surface area contributed by atoms with E-state index in [1.54, 1.807) is 12.1 Å². The van der Waals surface area contributed by atoms with Crippen LogP contribution in [0.25, 0.3) is 0 Å². The van der Waals surface area contributed by atoms with Gasteiger partial charge in [0.1, 0.15) is 0 Å². The third kappa shape index (κ3) is 2.89. The van der Waals surface area contributed by atoms with Crippen molar-refractivity contribution in [1.29, 1.82) is 0 Å².